The Kier molecular flexibility index (Phi) is 4.37. The van der Waals surface area contributed by atoms with E-state index in [1.54, 1.807) is 14.2 Å². The summed E-state index contributed by atoms with van der Waals surface area (Å²) >= 11 is 0. The first-order chi connectivity index (χ1) is 9.61. The van der Waals surface area contributed by atoms with Crippen molar-refractivity contribution in [2.45, 2.75) is 13.2 Å². The fourth-order valence-electron chi connectivity index (χ4n) is 1.80. The fourth-order valence-corrected chi connectivity index (χ4v) is 1.80. The van der Waals surface area contributed by atoms with Gasteiger partial charge in [0, 0.05) is 7.05 Å². The van der Waals surface area contributed by atoms with Crippen molar-refractivity contribution in [3.8, 4) is 5.75 Å². The van der Waals surface area contributed by atoms with Gasteiger partial charge in [0.25, 0.3) is 0 Å². The maximum absolute atomic E-state index is 11.0. The van der Waals surface area contributed by atoms with Gasteiger partial charge in [-0.1, -0.05) is 12.1 Å². The Morgan fingerprint density at radius 1 is 1.30 bits per heavy atom. The number of hydrogen-bond acceptors (Lipinski definition) is 4. The lowest BCUT2D eigenvalue weighted by atomic mass is 10.2. The lowest BCUT2D eigenvalue weighted by molar-refractivity contribution is 0.0681. The van der Waals surface area contributed by atoms with Crippen LogP contribution in [-0.2, 0) is 25.0 Å². The van der Waals surface area contributed by atoms with Crippen molar-refractivity contribution in [2.75, 3.05) is 7.11 Å². The summed E-state index contributed by atoms with van der Waals surface area (Å²) in [5.74, 6) is -0.213. The Hall–Kier alpha value is -2.34. The van der Waals surface area contributed by atoms with Crippen LogP contribution in [0.2, 0.25) is 0 Å². The molecule has 0 aliphatic carbocycles. The number of aromatic nitrogens is 2. The molecule has 2 aromatic rings. The van der Waals surface area contributed by atoms with Crippen molar-refractivity contribution in [3.05, 3.63) is 47.3 Å². The van der Waals surface area contributed by atoms with Gasteiger partial charge in [0.1, 0.15) is 11.3 Å². The lowest BCUT2D eigenvalue weighted by Crippen LogP contribution is -2.07. The van der Waals surface area contributed by atoms with E-state index in [0.717, 1.165) is 11.3 Å². The molecule has 1 N–H and O–H groups in total. The summed E-state index contributed by atoms with van der Waals surface area (Å²) < 4.78 is 12.1. The van der Waals surface area contributed by atoms with Gasteiger partial charge in [-0.2, -0.15) is 5.10 Å². The number of aryl methyl sites for hydroxylation is 1. The third kappa shape index (κ3) is 3.16. The van der Waals surface area contributed by atoms with E-state index < -0.39 is 5.97 Å². The highest BCUT2D eigenvalue weighted by Gasteiger charge is 2.14. The van der Waals surface area contributed by atoms with E-state index in [0.29, 0.717) is 12.3 Å². The molecule has 0 aliphatic rings. The van der Waals surface area contributed by atoms with Crippen molar-refractivity contribution in [1.29, 1.82) is 0 Å². The van der Waals surface area contributed by atoms with E-state index in [1.807, 2.05) is 24.3 Å². The van der Waals surface area contributed by atoms with Crippen LogP contribution in [0.5, 0.6) is 5.75 Å². The van der Waals surface area contributed by atoms with E-state index in [-0.39, 0.29) is 12.2 Å². The first-order valence-corrected chi connectivity index (χ1v) is 6.06. The second-order valence-corrected chi connectivity index (χ2v) is 4.27. The maximum atomic E-state index is 11.0. The SMILES string of the molecule is COc1ccc(COCc2c(C(=O)O)cnn2C)cc1. The van der Waals surface area contributed by atoms with Crippen LogP contribution in [0.4, 0.5) is 0 Å². The summed E-state index contributed by atoms with van der Waals surface area (Å²) in [6.45, 7) is 0.596. The maximum Gasteiger partial charge on any atom is 0.339 e. The van der Waals surface area contributed by atoms with Gasteiger partial charge >= 0.3 is 5.97 Å². The second kappa shape index (κ2) is 6.21. The van der Waals surface area contributed by atoms with E-state index in [1.165, 1.54) is 10.9 Å². The quantitative estimate of drug-likeness (QED) is 0.871. The molecule has 2 rings (SSSR count). The monoisotopic (exact) mass is 276 g/mol. The minimum absolute atomic E-state index is 0.169. The van der Waals surface area contributed by atoms with Crippen LogP contribution >= 0.6 is 0 Å². The van der Waals surface area contributed by atoms with Gasteiger partial charge in [-0.05, 0) is 17.7 Å². The molecule has 1 aromatic carbocycles. The summed E-state index contributed by atoms with van der Waals surface area (Å²) in [4.78, 5) is 11.0. The molecule has 0 atom stereocenters. The molecule has 1 aromatic heterocycles. The Balaban J connectivity index is 1.95. The predicted octanol–water partition coefficient (Wildman–Crippen LogP) is 1.84. The average molecular weight is 276 g/mol. The van der Waals surface area contributed by atoms with Crippen molar-refractivity contribution in [3.63, 3.8) is 0 Å². The van der Waals surface area contributed by atoms with E-state index >= 15 is 0 Å². The third-order valence-electron chi connectivity index (χ3n) is 2.96. The first kappa shape index (κ1) is 14.1. The minimum atomic E-state index is -0.999. The molecule has 106 valence electrons. The largest absolute Gasteiger partial charge is 0.497 e. The molecule has 20 heavy (non-hydrogen) atoms. The van der Waals surface area contributed by atoms with Gasteiger partial charge in [-0.3, -0.25) is 4.68 Å². The number of aromatic carboxylic acids is 1. The smallest absolute Gasteiger partial charge is 0.339 e. The summed E-state index contributed by atoms with van der Waals surface area (Å²) in [7, 11) is 3.31. The Bertz CT molecular complexity index is 590. The molecule has 0 amide bonds. The summed E-state index contributed by atoms with van der Waals surface area (Å²) in [6.07, 6.45) is 1.33. The van der Waals surface area contributed by atoms with Crippen LogP contribution in [0.3, 0.4) is 0 Å². The number of benzene rings is 1. The molecule has 0 unspecified atom stereocenters. The number of methoxy groups -OCH3 is 1. The Morgan fingerprint density at radius 2 is 2.00 bits per heavy atom. The number of carboxylic acid groups (broad SMARTS) is 1. The summed E-state index contributed by atoms with van der Waals surface area (Å²) in [5, 5.41) is 13.0. The van der Waals surface area contributed by atoms with Gasteiger partial charge in [0.15, 0.2) is 0 Å². The number of nitrogens with zero attached hydrogens (tertiary/aromatic N) is 2. The lowest BCUT2D eigenvalue weighted by Gasteiger charge is -2.07. The molecule has 6 heteroatoms. The van der Waals surface area contributed by atoms with Crippen molar-refractivity contribution < 1.29 is 19.4 Å². The van der Waals surface area contributed by atoms with Gasteiger partial charge in [0.05, 0.1) is 32.2 Å². The van der Waals surface area contributed by atoms with Crippen LogP contribution < -0.4 is 4.74 Å². The topological polar surface area (TPSA) is 73.6 Å². The van der Waals surface area contributed by atoms with Gasteiger partial charge < -0.3 is 14.6 Å². The second-order valence-electron chi connectivity index (χ2n) is 4.27. The van der Waals surface area contributed by atoms with Gasteiger partial charge in [-0.25, -0.2) is 4.79 Å². The number of ether oxygens (including phenoxy) is 2. The van der Waals surface area contributed by atoms with E-state index in [2.05, 4.69) is 5.10 Å². The molecule has 1 heterocycles. The molecule has 6 nitrogen and oxygen atoms in total. The highest BCUT2D eigenvalue weighted by Crippen LogP contribution is 2.14. The number of hydrogen-bond donors (Lipinski definition) is 1. The highest BCUT2D eigenvalue weighted by molar-refractivity contribution is 5.88. The number of rotatable bonds is 6. The standard InChI is InChI=1S/C14H16N2O4/c1-16-13(12(7-15-16)14(17)18)9-20-8-10-3-5-11(19-2)6-4-10/h3-7H,8-9H2,1-2H3,(H,17,18). The zero-order chi connectivity index (χ0) is 14.5. The van der Waals surface area contributed by atoms with Gasteiger partial charge in [-0.15, -0.1) is 0 Å². The Labute approximate surface area is 116 Å². The molecule has 0 bridgehead atoms. The van der Waals surface area contributed by atoms with Crippen LogP contribution in [-0.4, -0.2) is 28.0 Å². The predicted molar refractivity (Wildman–Crippen MR) is 71.7 cm³/mol. The minimum Gasteiger partial charge on any atom is -0.497 e. The van der Waals surface area contributed by atoms with Crippen molar-refractivity contribution in [2.24, 2.45) is 7.05 Å². The normalized spacial score (nSPS) is 10.5. The first-order valence-electron chi connectivity index (χ1n) is 6.06. The van der Waals surface area contributed by atoms with Crippen LogP contribution in [0.1, 0.15) is 21.6 Å². The van der Waals surface area contributed by atoms with Crippen LogP contribution in [0, 0.1) is 0 Å². The van der Waals surface area contributed by atoms with E-state index in [9.17, 15) is 4.79 Å². The van der Waals surface area contributed by atoms with Crippen LogP contribution in [0.15, 0.2) is 30.5 Å². The van der Waals surface area contributed by atoms with Gasteiger partial charge in [0.2, 0.25) is 0 Å². The molecule has 0 saturated heterocycles. The molecule has 0 aliphatic heterocycles. The number of carbonyl (C=O) groups is 1. The number of carboxylic acids is 1. The zero-order valence-electron chi connectivity index (χ0n) is 11.4. The van der Waals surface area contributed by atoms with Crippen LogP contribution in [0.25, 0.3) is 0 Å². The van der Waals surface area contributed by atoms with Crippen molar-refractivity contribution in [1.82, 2.24) is 9.78 Å². The molecule has 0 saturated carbocycles. The van der Waals surface area contributed by atoms with Crippen molar-refractivity contribution >= 4 is 5.97 Å². The third-order valence-corrected chi connectivity index (χ3v) is 2.96. The van der Waals surface area contributed by atoms with E-state index in [4.69, 9.17) is 14.6 Å². The molecule has 0 spiro atoms. The Morgan fingerprint density at radius 3 is 2.60 bits per heavy atom. The zero-order valence-corrected chi connectivity index (χ0v) is 11.4. The average Bonchev–Trinajstić information content (AvgIpc) is 2.81. The fraction of sp³-hybridized carbons (Fsp3) is 0.286. The molecular weight excluding hydrogens is 260 g/mol. The summed E-state index contributed by atoms with van der Waals surface area (Å²) in [5.41, 5.74) is 1.71. The molecule has 0 fully saturated rings. The highest BCUT2D eigenvalue weighted by atomic mass is 16.5. The molecule has 0 radical (unpaired) electrons. The molecular formula is C14H16N2O4. The summed E-state index contributed by atoms with van der Waals surface area (Å²) in [6, 6.07) is 7.51.